The van der Waals surface area contributed by atoms with Gasteiger partial charge in [0.1, 0.15) is 0 Å². The van der Waals surface area contributed by atoms with Gasteiger partial charge in [0.15, 0.2) is 10.3 Å². The molecular weight excluding hydrogens is 377 g/mol. The predicted molar refractivity (Wildman–Crippen MR) is 98.3 cm³/mol. The van der Waals surface area contributed by atoms with Crippen molar-refractivity contribution in [1.29, 1.82) is 0 Å². The van der Waals surface area contributed by atoms with Crippen LogP contribution in [-0.4, -0.2) is 32.5 Å². The van der Waals surface area contributed by atoms with Crippen LogP contribution in [-0.2, 0) is 17.9 Å². The highest BCUT2D eigenvalue weighted by molar-refractivity contribution is 6.34. The van der Waals surface area contributed by atoms with Gasteiger partial charge < -0.3 is 10.1 Å². The molecule has 134 valence electrons. The lowest BCUT2D eigenvalue weighted by atomic mass is 10.2. The normalized spacial score (nSPS) is 10.7. The van der Waals surface area contributed by atoms with Crippen LogP contribution in [0.25, 0.3) is 0 Å². The molecule has 7 nitrogen and oxygen atoms in total. The van der Waals surface area contributed by atoms with Crippen LogP contribution in [0.1, 0.15) is 15.9 Å². The second-order valence-corrected chi connectivity index (χ2v) is 6.10. The van der Waals surface area contributed by atoms with Gasteiger partial charge in [-0.2, -0.15) is 5.10 Å². The lowest BCUT2D eigenvalue weighted by molar-refractivity contribution is 0.102. The van der Waals surface area contributed by atoms with Gasteiger partial charge in [0, 0.05) is 6.20 Å². The minimum Gasteiger partial charge on any atom is -0.375 e. The highest BCUT2D eigenvalue weighted by Gasteiger charge is 2.14. The van der Waals surface area contributed by atoms with Crippen molar-refractivity contribution in [3.05, 3.63) is 70.2 Å². The molecule has 0 atom stereocenters. The number of nitrogens with zero attached hydrogens (tertiary/aromatic N) is 4. The van der Waals surface area contributed by atoms with E-state index in [0.717, 1.165) is 5.56 Å². The van der Waals surface area contributed by atoms with Gasteiger partial charge in [-0.25, -0.2) is 0 Å². The second-order valence-electron chi connectivity index (χ2n) is 5.36. The van der Waals surface area contributed by atoms with E-state index in [1.165, 1.54) is 6.07 Å². The Morgan fingerprint density at radius 2 is 2.00 bits per heavy atom. The maximum Gasteiger partial charge on any atom is 0.259 e. The first-order valence-corrected chi connectivity index (χ1v) is 8.51. The Labute approximate surface area is 159 Å². The molecule has 0 fully saturated rings. The van der Waals surface area contributed by atoms with E-state index in [1.807, 2.05) is 30.3 Å². The van der Waals surface area contributed by atoms with Crippen LogP contribution >= 0.6 is 23.2 Å². The quantitative estimate of drug-likeness (QED) is 0.623. The number of amides is 1. The van der Waals surface area contributed by atoms with Crippen LogP contribution in [0, 0.1) is 0 Å². The van der Waals surface area contributed by atoms with Gasteiger partial charge in [-0.15, -0.1) is 10.2 Å². The summed E-state index contributed by atoms with van der Waals surface area (Å²) in [5, 5.41) is 14.1. The van der Waals surface area contributed by atoms with Crippen molar-refractivity contribution in [3.8, 4) is 0 Å². The van der Waals surface area contributed by atoms with Gasteiger partial charge in [-0.3, -0.25) is 9.48 Å². The summed E-state index contributed by atoms with van der Waals surface area (Å²) in [5.74, 6) is -0.438. The lowest BCUT2D eigenvalue weighted by Crippen LogP contribution is -2.13. The van der Waals surface area contributed by atoms with Crippen molar-refractivity contribution in [3.63, 3.8) is 0 Å². The van der Waals surface area contributed by atoms with Crippen LogP contribution < -0.4 is 5.32 Å². The Hall–Kier alpha value is -2.48. The summed E-state index contributed by atoms with van der Waals surface area (Å²) in [6.07, 6.45) is 3.24. The van der Waals surface area contributed by atoms with Crippen LogP contribution in [0.15, 0.2) is 48.8 Å². The molecular formula is C17H15Cl2N5O2. The molecule has 0 aliphatic rings. The molecule has 0 saturated carbocycles. The number of carbonyl (C=O) groups is 1. The van der Waals surface area contributed by atoms with Crippen molar-refractivity contribution in [2.75, 3.05) is 11.9 Å². The van der Waals surface area contributed by atoms with Crippen molar-refractivity contribution < 1.29 is 9.53 Å². The molecule has 0 aliphatic heterocycles. The molecule has 0 bridgehead atoms. The molecule has 1 amide bonds. The van der Waals surface area contributed by atoms with Gasteiger partial charge in [0.25, 0.3) is 5.91 Å². The predicted octanol–water partition coefficient (Wildman–Crippen LogP) is 3.45. The standard InChI is InChI=1S/C17H15Cl2N5O2/c18-15-8-14(16(19)23-22-15)17(25)21-13-9-20-24(10-13)6-7-26-11-12-4-2-1-3-5-12/h1-5,8-10H,6-7,11H2,(H,21,25). The number of nitrogens with one attached hydrogen (secondary N) is 1. The monoisotopic (exact) mass is 391 g/mol. The number of anilines is 1. The fourth-order valence-corrected chi connectivity index (χ4v) is 2.51. The van der Waals surface area contributed by atoms with Crippen molar-refractivity contribution in [1.82, 2.24) is 20.0 Å². The maximum absolute atomic E-state index is 12.2. The number of halogens is 2. The Balaban J connectivity index is 1.50. The molecule has 26 heavy (non-hydrogen) atoms. The van der Waals surface area contributed by atoms with Crippen molar-refractivity contribution in [2.24, 2.45) is 0 Å². The summed E-state index contributed by atoms with van der Waals surface area (Å²) < 4.78 is 7.30. The summed E-state index contributed by atoms with van der Waals surface area (Å²) in [5.41, 5.74) is 1.79. The zero-order valence-electron chi connectivity index (χ0n) is 13.6. The number of rotatable bonds is 7. The summed E-state index contributed by atoms with van der Waals surface area (Å²) in [6.45, 7) is 1.60. The molecule has 2 aromatic heterocycles. The van der Waals surface area contributed by atoms with Crippen LogP contribution in [0.3, 0.4) is 0 Å². The van der Waals surface area contributed by atoms with E-state index in [4.69, 9.17) is 27.9 Å². The molecule has 2 heterocycles. The number of carbonyl (C=O) groups excluding carboxylic acids is 1. The number of aromatic nitrogens is 4. The summed E-state index contributed by atoms with van der Waals surface area (Å²) in [7, 11) is 0. The molecule has 0 unspecified atom stereocenters. The van der Waals surface area contributed by atoms with Crippen LogP contribution in [0.4, 0.5) is 5.69 Å². The third-order valence-electron chi connectivity index (χ3n) is 3.43. The molecule has 3 rings (SSSR count). The first kappa shape index (κ1) is 18.3. The third kappa shape index (κ3) is 5.01. The number of benzene rings is 1. The summed E-state index contributed by atoms with van der Waals surface area (Å²) >= 11 is 11.6. The number of ether oxygens (including phenoxy) is 1. The molecule has 3 aromatic rings. The van der Waals surface area contributed by atoms with Gasteiger partial charge in [-0.1, -0.05) is 53.5 Å². The molecule has 1 N–H and O–H groups in total. The highest BCUT2D eigenvalue weighted by atomic mass is 35.5. The van der Waals surface area contributed by atoms with E-state index >= 15 is 0 Å². The first-order valence-electron chi connectivity index (χ1n) is 7.76. The van der Waals surface area contributed by atoms with Crippen LogP contribution in [0.5, 0.6) is 0 Å². The van der Waals surface area contributed by atoms with E-state index in [0.29, 0.717) is 25.4 Å². The summed E-state index contributed by atoms with van der Waals surface area (Å²) in [6, 6.07) is 11.3. The van der Waals surface area contributed by atoms with Gasteiger partial charge >= 0.3 is 0 Å². The average molecular weight is 392 g/mol. The van der Waals surface area contributed by atoms with E-state index in [9.17, 15) is 4.79 Å². The minimum atomic E-state index is -0.438. The van der Waals surface area contributed by atoms with E-state index < -0.39 is 5.91 Å². The average Bonchev–Trinajstić information content (AvgIpc) is 3.09. The van der Waals surface area contributed by atoms with E-state index in [1.54, 1.807) is 17.1 Å². The third-order valence-corrected chi connectivity index (χ3v) is 3.89. The maximum atomic E-state index is 12.2. The van der Waals surface area contributed by atoms with E-state index in [2.05, 4.69) is 20.6 Å². The Bertz CT molecular complexity index is 886. The fraction of sp³-hybridized carbons (Fsp3) is 0.176. The Morgan fingerprint density at radius 1 is 1.19 bits per heavy atom. The van der Waals surface area contributed by atoms with Crippen molar-refractivity contribution in [2.45, 2.75) is 13.2 Å². The molecule has 1 aromatic carbocycles. The van der Waals surface area contributed by atoms with Crippen molar-refractivity contribution >= 4 is 34.8 Å². The molecule has 0 radical (unpaired) electrons. The smallest absolute Gasteiger partial charge is 0.259 e. The topological polar surface area (TPSA) is 81.9 Å². The minimum absolute atomic E-state index is 0.0198. The zero-order chi connectivity index (χ0) is 18.4. The molecule has 0 aliphatic carbocycles. The highest BCUT2D eigenvalue weighted by Crippen LogP contribution is 2.17. The Kier molecular flexibility index (Phi) is 6.17. The van der Waals surface area contributed by atoms with Gasteiger partial charge in [0.2, 0.25) is 0 Å². The van der Waals surface area contributed by atoms with E-state index in [-0.39, 0.29) is 15.9 Å². The number of hydrogen-bond donors (Lipinski definition) is 1. The Morgan fingerprint density at radius 3 is 2.81 bits per heavy atom. The summed E-state index contributed by atoms with van der Waals surface area (Å²) in [4.78, 5) is 12.2. The number of hydrogen-bond acceptors (Lipinski definition) is 5. The lowest BCUT2D eigenvalue weighted by Gasteiger charge is -2.05. The zero-order valence-corrected chi connectivity index (χ0v) is 15.1. The fourth-order valence-electron chi connectivity index (χ4n) is 2.18. The van der Waals surface area contributed by atoms with Crippen LogP contribution in [0.2, 0.25) is 10.3 Å². The van der Waals surface area contributed by atoms with Gasteiger partial charge in [-0.05, 0) is 11.6 Å². The molecule has 9 heteroatoms. The first-order chi connectivity index (χ1) is 12.6. The second kappa shape index (κ2) is 8.75. The molecule has 0 saturated heterocycles. The largest absolute Gasteiger partial charge is 0.375 e. The SMILES string of the molecule is O=C(Nc1cnn(CCOCc2ccccc2)c1)c1cc(Cl)nnc1Cl. The molecule has 0 spiro atoms. The van der Waals surface area contributed by atoms with Gasteiger partial charge in [0.05, 0.1) is 37.2 Å².